The highest BCUT2D eigenvalue weighted by molar-refractivity contribution is 5.24. The number of aromatic nitrogens is 3. The molecule has 0 aliphatic carbocycles. The van der Waals surface area contributed by atoms with Crippen molar-refractivity contribution in [2.45, 2.75) is 11.6 Å². The number of benzene rings is 1. The molecule has 1 fully saturated rings. The quantitative estimate of drug-likeness (QED) is 0.846. The molecule has 5 nitrogen and oxygen atoms in total. The summed E-state index contributed by atoms with van der Waals surface area (Å²) in [5.41, 5.74) is 0.287. The van der Waals surface area contributed by atoms with Crippen molar-refractivity contribution in [3.05, 3.63) is 48.3 Å². The van der Waals surface area contributed by atoms with Gasteiger partial charge in [0.1, 0.15) is 0 Å². The molecule has 3 rings (SSSR count). The number of ether oxygens (including phenoxy) is 1. The summed E-state index contributed by atoms with van der Waals surface area (Å²) in [6.45, 7) is 0.438. The summed E-state index contributed by atoms with van der Waals surface area (Å²) in [5.74, 6) is 0.0844. The first-order chi connectivity index (χ1) is 8.37. The number of hydrogen-bond donors (Lipinski definition) is 1. The number of aliphatic hydroxyl groups is 1. The molecule has 1 aliphatic heterocycles. The average molecular weight is 231 g/mol. The Balaban J connectivity index is 1.98. The Morgan fingerprint density at radius 1 is 1.29 bits per heavy atom. The minimum Gasteiger partial charge on any atom is -0.391 e. The van der Waals surface area contributed by atoms with Gasteiger partial charge >= 0.3 is 0 Å². The molecule has 1 aliphatic rings. The van der Waals surface area contributed by atoms with Crippen molar-refractivity contribution in [3.8, 4) is 0 Å². The van der Waals surface area contributed by atoms with E-state index in [4.69, 9.17) is 4.74 Å². The molecule has 2 heterocycles. The fourth-order valence-corrected chi connectivity index (χ4v) is 2.23. The first kappa shape index (κ1) is 10.4. The molecule has 5 heteroatoms. The van der Waals surface area contributed by atoms with Gasteiger partial charge in [0.2, 0.25) is 5.72 Å². The van der Waals surface area contributed by atoms with E-state index >= 15 is 0 Å². The fourth-order valence-electron chi connectivity index (χ4n) is 2.23. The van der Waals surface area contributed by atoms with E-state index in [9.17, 15) is 5.11 Å². The van der Waals surface area contributed by atoms with Crippen LogP contribution < -0.4 is 0 Å². The second-order valence-corrected chi connectivity index (χ2v) is 4.10. The Kier molecular flexibility index (Phi) is 2.42. The van der Waals surface area contributed by atoms with E-state index in [0.29, 0.717) is 6.61 Å². The number of aliphatic hydroxyl groups excluding tert-OH is 1. The third kappa shape index (κ3) is 1.47. The Bertz CT molecular complexity index is 482. The predicted molar refractivity (Wildman–Crippen MR) is 60.2 cm³/mol. The lowest BCUT2D eigenvalue weighted by Gasteiger charge is -2.46. The predicted octanol–water partition coefficient (Wildman–Crippen LogP) is 0.737. The summed E-state index contributed by atoms with van der Waals surface area (Å²) in [7, 11) is 0. The summed E-state index contributed by atoms with van der Waals surface area (Å²) >= 11 is 0. The molecule has 0 amide bonds. The first-order valence-corrected chi connectivity index (χ1v) is 5.53. The van der Waals surface area contributed by atoms with Crippen LogP contribution in [0.25, 0.3) is 0 Å². The molecule has 1 aromatic carbocycles. The third-order valence-corrected chi connectivity index (χ3v) is 3.23. The lowest BCUT2D eigenvalue weighted by Crippen LogP contribution is -2.57. The molecule has 0 radical (unpaired) electrons. The van der Waals surface area contributed by atoms with Crippen LogP contribution in [0.5, 0.6) is 0 Å². The van der Waals surface area contributed by atoms with Crippen molar-refractivity contribution >= 4 is 0 Å². The topological polar surface area (TPSA) is 60.2 Å². The monoisotopic (exact) mass is 231 g/mol. The Labute approximate surface area is 98.6 Å². The fraction of sp³-hybridized carbons (Fsp3) is 0.333. The van der Waals surface area contributed by atoms with E-state index < -0.39 is 5.72 Å². The first-order valence-electron chi connectivity index (χ1n) is 5.53. The van der Waals surface area contributed by atoms with E-state index in [1.54, 1.807) is 12.4 Å². The Hall–Kier alpha value is -1.72. The molecule has 1 saturated heterocycles. The summed E-state index contributed by atoms with van der Waals surface area (Å²) in [4.78, 5) is 1.45. The third-order valence-electron chi connectivity index (χ3n) is 3.23. The zero-order chi connectivity index (χ0) is 11.7. The zero-order valence-corrected chi connectivity index (χ0v) is 9.23. The molecular formula is C12H13N3O2. The highest BCUT2D eigenvalue weighted by Gasteiger charge is 2.52. The molecular weight excluding hydrogens is 218 g/mol. The van der Waals surface area contributed by atoms with Gasteiger partial charge in [0.25, 0.3) is 0 Å². The van der Waals surface area contributed by atoms with Crippen LogP contribution in [0.4, 0.5) is 0 Å². The maximum atomic E-state index is 9.61. The van der Waals surface area contributed by atoms with Gasteiger partial charge in [-0.3, -0.25) is 0 Å². The van der Waals surface area contributed by atoms with Crippen molar-refractivity contribution in [1.29, 1.82) is 0 Å². The van der Waals surface area contributed by atoms with Gasteiger partial charge in [-0.2, -0.15) is 10.2 Å². The van der Waals surface area contributed by atoms with Crippen LogP contribution in [0, 0.1) is 0 Å². The highest BCUT2D eigenvalue weighted by Crippen LogP contribution is 2.43. The maximum absolute atomic E-state index is 9.61. The van der Waals surface area contributed by atoms with Crippen LogP contribution >= 0.6 is 0 Å². The van der Waals surface area contributed by atoms with Crippen molar-refractivity contribution < 1.29 is 9.84 Å². The number of hydrogen-bond acceptors (Lipinski definition) is 4. The van der Waals surface area contributed by atoms with E-state index in [1.165, 1.54) is 4.80 Å². The van der Waals surface area contributed by atoms with Crippen LogP contribution in [0.1, 0.15) is 11.5 Å². The average Bonchev–Trinajstić information content (AvgIpc) is 2.85. The second-order valence-electron chi connectivity index (χ2n) is 4.10. The van der Waals surface area contributed by atoms with Crippen molar-refractivity contribution in [3.63, 3.8) is 0 Å². The molecule has 0 unspecified atom stereocenters. The SMILES string of the molecule is OC[C@]1(n2nccn2)OC[C@@H]1c1ccccc1. The van der Waals surface area contributed by atoms with E-state index in [1.807, 2.05) is 30.3 Å². The molecule has 17 heavy (non-hydrogen) atoms. The number of nitrogens with zero attached hydrogens (tertiary/aromatic N) is 3. The molecule has 2 atom stereocenters. The zero-order valence-electron chi connectivity index (χ0n) is 9.23. The minimum absolute atomic E-state index is 0.0844. The van der Waals surface area contributed by atoms with Gasteiger partial charge in [-0.1, -0.05) is 30.3 Å². The lowest BCUT2D eigenvalue weighted by atomic mass is 9.85. The van der Waals surface area contributed by atoms with E-state index in [0.717, 1.165) is 5.56 Å². The number of rotatable bonds is 3. The molecule has 0 bridgehead atoms. The largest absolute Gasteiger partial charge is 0.391 e. The van der Waals surface area contributed by atoms with E-state index in [2.05, 4.69) is 10.2 Å². The van der Waals surface area contributed by atoms with Crippen LogP contribution in [-0.2, 0) is 10.5 Å². The normalized spacial score (nSPS) is 27.7. The van der Waals surface area contributed by atoms with Crippen LogP contribution in [0.2, 0.25) is 0 Å². The summed E-state index contributed by atoms with van der Waals surface area (Å²) < 4.78 is 5.57. The summed E-state index contributed by atoms with van der Waals surface area (Å²) in [6.07, 6.45) is 3.17. The summed E-state index contributed by atoms with van der Waals surface area (Å²) in [5, 5.41) is 17.8. The van der Waals surface area contributed by atoms with Gasteiger partial charge in [-0.25, -0.2) is 0 Å². The van der Waals surface area contributed by atoms with Crippen LogP contribution in [0.15, 0.2) is 42.7 Å². The van der Waals surface area contributed by atoms with Gasteiger partial charge in [0, 0.05) is 0 Å². The highest BCUT2D eigenvalue weighted by atomic mass is 16.6. The van der Waals surface area contributed by atoms with Crippen LogP contribution in [-0.4, -0.2) is 33.3 Å². The molecule has 1 N–H and O–H groups in total. The van der Waals surface area contributed by atoms with Crippen molar-refractivity contribution in [2.75, 3.05) is 13.2 Å². The standard InChI is InChI=1S/C12H13N3O2/c16-9-12(15-13-6-7-14-15)11(8-17-12)10-4-2-1-3-5-10/h1-7,11,16H,8-9H2/t11-,12+/m1/s1. The Morgan fingerprint density at radius 3 is 2.53 bits per heavy atom. The van der Waals surface area contributed by atoms with Gasteiger partial charge in [-0.05, 0) is 5.56 Å². The molecule has 0 saturated carbocycles. The molecule has 88 valence electrons. The molecule has 1 aromatic heterocycles. The van der Waals surface area contributed by atoms with E-state index in [-0.39, 0.29) is 12.5 Å². The minimum atomic E-state index is -0.842. The smallest absolute Gasteiger partial charge is 0.211 e. The van der Waals surface area contributed by atoms with Gasteiger partial charge < -0.3 is 9.84 Å². The Morgan fingerprint density at radius 2 is 2.00 bits per heavy atom. The van der Waals surface area contributed by atoms with Gasteiger partial charge in [0.15, 0.2) is 0 Å². The lowest BCUT2D eigenvalue weighted by molar-refractivity contribution is -0.258. The maximum Gasteiger partial charge on any atom is 0.211 e. The molecule has 2 aromatic rings. The van der Waals surface area contributed by atoms with Crippen molar-refractivity contribution in [1.82, 2.24) is 15.0 Å². The van der Waals surface area contributed by atoms with Gasteiger partial charge in [-0.15, -0.1) is 4.80 Å². The molecule has 0 spiro atoms. The summed E-state index contributed by atoms with van der Waals surface area (Å²) in [6, 6.07) is 9.98. The van der Waals surface area contributed by atoms with Crippen LogP contribution in [0.3, 0.4) is 0 Å². The van der Waals surface area contributed by atoms with Gasteiger partial charge in [0.05, 0.1) is 31.5 Å². The van der Waals surface area contributed by atoms with Crippen molar-refractivity contribution in [2.24, 2.45) is 0 Å². The second kappa shape index (κ2) is 3.94.